The highest BCUT2D eigenvalue weighted by molar-refractivity contribution is 5.77. The monoisotopic (exact) mass is 234 g/mol. The average molecular weight is 234 g/mol. The lowest BCUT2D eigenvalue weighted by atomic mass is 10.2. The van der Waals surface area contributed by atoms with Crippen LogP contribution in [0.1, 0.15) is 6.92 Å². The van der Waals surface area contributed by atoms with Crippen LogP contribution in [0.3, 0.4) is 0 Å². The number of halogens is 1. The largest absolute Gasteiger partial charge is 0.340 e. The standard InChI is InChI=1S/C12H15FN4/c1-8-7-17(5-4-14-8)12-15-10-3-2-9(13)6-11(10)16-12/h2-3,6,8,14H,4-5,7H2,1H3,(H,15,16)/t8-/m0/s1. The van der Waals surface area contributed by atoms with Gasteiger partial charge in [0.15, 0.2) is 0 Å². The Bertz CT molecular complexity index is 536. The molecule has 2 aromatic rings. The van der Waals surface area contributed by atoms with Gasteiger partial charge in [-0.1, -0.05) is 0 Å². The number of aromatic nitrogens is 2. The lowest BCUT2D eigenvalue weighted by molar-refractivity contribution is 0.480. The summed E-state index contributed by atoms with van der Waals surface area (Å²) in [7, 11) is 0. The molecule has 0 radical (unpaired) electrons. The number of nitrogens with zero attached hydrogens (tertiary/aromatic N) is 2. The fourth-order valence-electron chi connectivity index (χ4n) is 2.24. The highest BCUT2D eigenvalue weighted by atomic mass is 19.1. The van der Waals surface area contributed by atoms with Crippen LogP contribution < -0.4 is 10.2 Å². The number of benzene rings is 1. The normalized spacial score (nSPS) is 21.1. The van der Waals surface area contributed by atoms with Gasteiger partial charge in [-0.2, -0.15) is 0 Å². The SMILES string of the molecule is C[C@H]1CN(c2nc3ccc(F)cc3[nH]2)CCN1. The van der Waals surface area contributed by atoms with Crippen molar-refractivity contribution in [2.45, 2.75) is 13.0 Å². The molecule has 17 heavy (non-hydrogen) atoms. The van der Waals surface area contributed by atoms with Crippen LogP contribution in [-0.2, 0) is 0 Å². The van der Waals surface area contributed by atoms with Crippen molar-refractivity contribution in [3.8, 4) is 0 Å². The maximum absolute atomic E-state index is 13.1. The molecule has 2 N–H and O–H groups in total. The second-order valence-electron chi connectivity index (χ2n) is 4.52. The molecule has 1 aromatic heterocycles. The molecule has 0 amide bonds. The van der Waals surface area contributed by atoms with Gasteiger partial charge in [0, 0.05) is 25.7 Å². The molecule has 0 bridgehead atoms. The quantitative estimate of drug-likeness (QED) is 0.786. The van der Waals surface area contributed by atoms with E-state index in [9.17, 15) is 4.39 Å². The van der Waals surface area contributed by atoms with Gasteiger partial charge in [-0.3, -0.25) is 0 Å². The number of fused-ring (bicyclic) bond motifs is 1. The molecule has 1 aliphatic heterocycles. The number of piperazine rings is 1. The first kappa shape index (κ1) is 10.5. The first-order valence-corrected chi connectivity index (χ1v) is 5.86. The minimum atomic E-state index is -0.235. The summed E-state index contributed by atoms with van der Waals surface area (Å²) in [4.78, 5) is 9.86. The molecule has 3 rings (SSSR count). The van der Waals surface area contributed by atoms with Crippen LogP contribution in [0.15, 0.2) is 18.2 Å². The number of rotatable bonds is 1. The van der Waals surface area contributed by atoms with Crippen molar-refractivity contribution >= 4 is 17.0 Å². The van der Waals surface area contributed by atoms with E-state index in [2.05, 4.69) is 27.1 Å². The Balaban J connectivity index is 1.94. The third-order valence-corrected chi connectivity index (χ3v) is 3.10. The van der Waals surface area contributed by atoms with Crippen LogP contribution in [0.25, 0.3) is 11.0 Å². The van der Waals surface area contributed by atoms with Crippen LogP contribution in [0.2, 0.25) is 0 Å². The van der Waals surface area contributed by atoms with E-state index in [1.165, 1.54) is 12.1 Å². The molecule has 2 heterocycles. The summed E-state index contributed by atoms with van der Waals surface area (Å²) in [6, 6.07) is 5.08. The summed E-state index contributed by atoms with van der Waals surface area (Å²) in [5.41, 5.74) is 1.57. The molecule has 0 spiro atoms. The van der Waals surface area contributed by atoms with Gasteiger partial charge in [0.2, 0.25) is 5.95 Å². The minimum Gasteiger partial charge on any atom is -0.340 e. The van der Waals surface area contributed by atoms with Crippen molar-refractivity contribution in [3.05, 3.63) is 24.0 Å². The molecule has 90 valence electrons. The lowest BCUT2D eigenvalue weighted by Gasteiger charge is -2.31. The van der Waals surface area contributed by atoms with Crippen molar-refractivity contribution in [2.24, 2.45) is 0 Å². The molecule has 0 saturated carbocycles. The fraction of sp³-hybridized carbons (Fsp3) is 0.417. The topological polar surface area (TPSA) is 44.0 Å². The number of imidazole rings is 1. The molecule has 1 fully saturated rings. The molecule has 0 unspecified atom stereocenters. The van der Waals surface area contributed by atoms with E-state index >= 15 is 0 Å². The van der Waals surface area contributed by atoms with Gasteiger partial charge in [0.25, 0.3) is 0 Å². The zero-order valence-electron chi connectivity index (χ0n) is 9.70. The summed E-state index contributed by atoms with van der Waals surface area (Å²) in [6.07, 6.45) is 0. The predicted molar refractivity (Wildman–Crippen MR) is 65.7 cm³/mol. The van der Waals surface area contributed by atoms with Gasteiger partial charge in [-0.25, -0.2) is 9.37 Å². The Kier molecular flexibility index (Phi) is 2.48. The van der Waals surface area contributed by atoms with Crippen LogP contribution in [-0.4, -0.2) is 35.6 Å². The van der Waals surface area contributed by atoms with Crippen LogP contribution in [0.5, 0.6) is 0 Å². The Morgan fingerprint density at radius 3 is 3.18 bits per heavy atom. The Morgan fingerprint density at radius 1 is 1.47 bits per heavy atom. The van der Waals surface area contributed by atoms with Crippen molar-refractivity contribution in [2.75, 3.05) is 24.5 Å². The predicted octanol–water partition coefficient (Wildman–Crippen LogP) is 1.50. The van der Waals surface area contributed by atoms with Crippen LogP contribution in [0, 0.1) is 5.82 Å². The lowest BCUT2D eigenvalue weighted by Crippen LogP contribution is -2.49. The number of aromatic amines is 1. The Hall–Kier alpha value is -1.62. The van der Waals surface area contributed by atoms with E-state index in [0.29, 0.717) is 6.04 Å². The van der Waals surface area contributed by atoms with E-state index < -0.39 is 0 Å². The van der Waals surface area contributed by atoms with Crippen molar-refractivity contribution in [1.82, 2.24) is 15.3 Å². The number of nitrogens with one attached hydrogen (secondary N) is 2. The second kappa shape index (κ2) is 4.00. The molecular formula is C12H15FN4. The molecule has 1 aliphatic rings. The summed E-state index contributed by atoms with van der Waals surface area (Å²) >= 11 is 0. The minimum absolute atomic E-state index is 0.235. The number of anilines is 1. The first-order chi connectivity index (χ1) is 8.22. The van der Waals surface area contributed by atoms with E-state index in [1.54, 1.807) is 6.07 Å². The van der Waals surface area contributed by atoms with Gasteiger partial charge in [0.05, 0.1) is 11.0 Å². The van der Waals surface area contributed by atoms with Gasteiger partial charge >= 0.3 is 0 Å². The molecule has 5 heteroatoms. The summed E-state index contributed by atoms with van der Waals surface area (Å²) < 4.78 is 13.1. The molecule has 1 saturated heterocycles. The van der Waals surface area contributed by atoms with Gasteiger partial charge < -0.3 is 15.2 Å². The molecule has 1 atom stereocenters. The molecule has 1 aromatic carbocycles. The Morgan fingerprint density at radius 2 is 2.35 bits per heavy atom. The van der Waals surface area contributed by atoms with E-state index in [-0.39, 0.29) is 5.82 Å². The van der Waals surface area contributed by atoms with Crippen molar-refractivity contribution in [1.29, 1.82) is 0 Å². The van der Waals surface area contributed by atoms with E-state index in [1.807, 2.05) is 0 Å². The molecule has 4 nitrogen and oxygen atoms in total. The third-order valence-electron chi connectivity index (χ3n) is 3.10. The first-order valence-electron chi connectivity index (χ1n) is 5.86. The van der Waals surface area contributed by atoms with Gasteiger partial charge in [0.1, 0.15) is 5.82 Å². The summed E-state index contributed by atoms with van der Waals surface area (Å²) in [6.45, 7) is 4.94. The average Bonchev–Trinajstić information content (AvgIpc) is 2.72. The van der Waals surface area contributed by atoms with Crippen molar-refractivity contribution < 1.29 is 4.39 Å². The molecule has 0 aliphatic carbocycles. The molecular weight excluding hydrogens is 219 g/mol. The third kappa shape index (κ3) is 1.98. The highest BCUT2D eigenvalue weighted by Gasteiger charge is 2.18. The number of hydrogen-bond donors (Lipinski definition) is 2. The number of H-pyrrole nitrogens is 1. The van der Waals surface area contributed by atoms with Gasteiger partial charge in [-0.15, -0.1) is 0 Å². The highest BCUT2D eigenvalue weighted by Crippen LogP contribution is 2.19. The fourth-order valence-corrected chi connectivity index (χ4v) is 2.24. The maximum atomic E-state index is 13.1. The number of hydrogen-bond acceptors (Lipinski definition) is 3. The second-order valence-corrected chi connectivity index (χ2v) is 4.52. The Labute approximate surface area is 98.8 Å². The zero-order chi connectivity index (χ0) is 11.8. The van der Waals surface area contributed by atoms with Gasteiger partial charge in [-0.05, 0) is 25.1 Å². The van der Waals surface area contributed by atoms with E-state index in [0.717, 1.165) is 36.6 Å². The zero-order valence-corrected chi connectivity index (χ0v) is 9.70. The smallest absolute Gasteiger partial charge is 0.203 e. The van der Waals surface area contributed by atoms with Crippen LogP contribution in [0.4, 0.5) is 10.3 Å². The van der Waals surface area contributed by atoms with Crippen LogP contribution >= 0.6 is 0 Å². The van der Waals surface area contributed by atoms with Crippen molar-refractivity contribution in [3.63, 3.8) is 0 Å². The summed E-state index contributed by atoms with van der Waals surface area (Å²) in [5, 5.41) is 3.38. The van der Waals surface area contributed by atoms with E-state index in [4.69, 9.17) is 0 Å². The summed E-state index contributed by atoms with van der Waals surface area (Å²) in [5.74, 6) is 0.598. The maximum Gasteiger partial charge on any atom is 0.203 e.